The lowest BCUT2D eigenvalue weighted by molar-refractivity contribution is -0.132. The summed E-state index contributed by atoms with van der Waals surface area (Å²) < 4.78 is 5.10. The minimum Gasteiger partial charge on any atom is -0.507 e. The summed E-state index contributed by atoms with van der Waals surface area (Å²) in [5.74, 6) is -2.14. The van der Waals surface area contributed by atoms with Crippen LogP contribution in [0.2, 0.25) is 15.1 Å². The number of ketones is 1. The molecule has 9 heteroatoms. The maximum Gasteiger partial charge on any atom is 0.300 e. The molecule has 168 valence electrons. The first-order chi connectivity index (χ1) is 15.7. The second kappa shape index (κ2) is 8.98. The number of ether oxygens (including phenoxy) is 1. The van der Waals surface area contributed by atoms with Crippen LogP contribution < -0.4 is 9.64 Å². The highest BCUT2D eigenvalue weighted by Gasteiger charge is 2.47. The summed E-state index contributed by atoms with van der Waals surface area (Å²) in [6, 6.07) is 14.1. The predicted octanol–water partition coefficient (Wildman–Crippen LogP) is 5.99. The molecule has 1 aliphatic heterocycles. The van der Waals surface area contributed by atoms with E-state index in [2.05, 4.69) is 0 Å². The lowest BCUT2D eigenvalue weighted by Crippen LogP contribution is -2.29. The number of phenolic OH excluding ortho intramolecular Hbond substituents is 1. The summed E-state index contributed by atoms with van der Waals surface area (Å²) >= 11 is 18.1. The van der Waals surface area contributed by atoms with Gasteiger partial charge in [-0.1, -0.05) is 40.9 Å². The zero-order valence-electron chi connectivity index (χ0n) is 17.1. The third kappa shape index (κ3) is 4.13. The van der Waals surface area contributed by atoms with Gasteiger partial charge in [-0.15, -0.1) is 0 Å². The van der Waals surface area contributed by atoms with E-state index < -0.39 is 23.5 Å². The van der Waals surface area contributed by atoms with E-state index in [0.717, 1.165) is 0 Å². The quantitative estimate of drug-likeness (QED) is 0.259. The smallest absolute Gasteiger partial charge is 0.300 e. The molecule has 1 heterocycles. The Kier molecular flexibility index (Phi) is 6.26. The maximum absolute atomic E-state index is 13.1. The van der Waals surface area contributed by atoms with Crippen LogP contribution in [0.4, 0.5) is 5.69 Å². The number of halogens is 3. The second-order valence-electron chi connectivity index (χ2n) is 7.21. The summed E-state index contributed by atoms with van der Waals surface area (Å²) in [6.07, 6.45) is 0. The van der Waals surface area contributed by atoms with Gasteiger partial charge in [0, 0.05) is 16.3 Å². The summed E-state index contributed by atoms with van der Waals surface area (Å²) in [7, 11) is 1.40. The average molecular weight is 505 g/mol. The zero-order valence-corrected chi connectivity index (χ0v) is 19.3. The highest BCUT2D eigenvalue weighted by Crippen LogP contribution is 2.44. The molecular formula is C24H16Cl3NO5. The van der Waals surface area contributed by atoms with Crippen molar-refractivity contribution in [3.8, 4) is 11.5 Å². The van der Waals surface area contributed by atoms with Gasteiger partial charge >= 0.3 is 0 Å². The van der Waals surface area contributed by atoms with Crippen molar-refractivity contribution >= 4 is 57.9 Å². The number of phenols is 1. The Labute approximate surface area is 204 Å². The third-order valence-corrected chi connectivity index (χ3v) is 6.25. The molecule has 3 aromatic carbocycles. The Morgan fingerprint density at radius 2 is 1.64 bits per heavy atom. The topological polar surface area (TPSA) is 87.1 Å². The monoisotopic (exact) mass is 503 g/mol. The average Bonchev–Trinajstić information content (AvgIpc) is 3.06. The molecule has 4 rings (SSSR count). The number of hydrogen-bond acceptors (Lipinski definition) is 5. The lowest BCUT2D eigenvalue weighted by Gasteiger charge is -2.26. The number of aromatic hydroxyl groups is 1. The van der Waals surface area contributed by atoms with E-state index >= 15 is 0 Å². The molecule has 0 saturated carbocycles. The van der Waals surface area contributed by atoms with Gasteiger partial charge in [-0.3, -0.25) is 14.5 Å². The molecule has 33 heavy (non-hydrogen) atoms. The van der Waals surface area contributed by atoms with Crippen molar-refractivity contribution in [3.05, 3.63) is 92.4 Å². The first-order valence-electron chi connectivity index (χ1n) is 9.61. The summed E-state index contributed by atoms with van der Waals surface area (Å²) in [5, 5.41) is 22.3. The number of aliphatic hydroxyl groups excluding tert-OH is 1. The largest absolute Gasteiger partial charge is 0.507 e. The van der Waals surface area contributed by atoms with Crippen LogP contribution in [0.1, 0.15) is 17.2 Å². The van der Waals surface area contributed by atoms with Gasteiger partial charge in [0.05, 0.1) is 28.8 Å². The Morgan fingerprint density at radius 3 is 2.24 bits per heavy atom. The van der Waals surface area contributed by atoms with E-state index in [9.17, 15) is 19.8 Å². The normalized spacial score (nSPS) is 17.5. The van der Waals surface area contributed by atoms with Crippen molar-refractivity contribution in [3.63, 3.8) is 0 Å². The van der Waals surface area contributed by atoms with Gasteiger partial charge < -0.3 is 14.9 Å². The Balaban J connectivity index is 1.96. The summed E-state index contributed by atoms with van der Waals surface area (Å²) in [5.41, 5.74) is 0.804. The van der Waals surface area contributed by atoms with Crippen LogP contribution in [0.3, 0.4) is 0 Å². The Bertz CT molecular complexity index is 1300. The molecule has 1 fully saturated rings. The number of methoxy groups -OCH3 is 1. The number of benzene rings is 3. The van der Waals surface area contributed by atoms with Crippen LogP contribution >= 0.6 is 34.8 Å². The number of rotatable bonds is 4. The maximum atomic E-state index is 13.1. The summed E-state index contributed by atoms with van der Waals surface area (Å²) in [4.78, 5) is 27.5. The van der Waals surface area contributed by atoms with Crippen LogP contribution in [0.5, 0.6) is 11.5 Å². The number of hydrogen-bond donors (Lipinski definition) is 2. The van der Waals surface area contributed by atoms with Gasteiger partial charge in [-0.2, -0.15) is 0 Å². The fraction of sp³-hybridized carbons (Fsp3) is 0.0833. The van der Waals surface area contributed by atoms with Gasteiger partial charge in [-0.25, -0.2) is 0 Å². The van der Waals surface area contributed by atoms with Crippen molar-refractivity contribution in [2.24, 2.45) is 0 Å². The third-order valence-electron chi connectivity index (χ3n) is 5.26. The van der Waals surface area contributed by atoms with E-state index in [1.807, 2.05) is 0 Å². The second-order valence-corrected chi connectivity index (χ2v) is 8.46. The molecule has 2 N–H and O–H groups in total. The van der Waals surface area contributed by atoms with Crippen LogP contribution in [0.15, 0.2) is 66.2 Å². The van der Waals surface area contributed by atoms with Crippen LogP contribution in [0, 0.1) is 0 Å². The van der Waals surface area contributed by atoms with Crippen molar-refractivity contribution < 1.29 is 24.5 Å². The van der Waals surface area contributed by atoms with E-state index in [-0.39, 0.29) is 32.7 Å². The number of carbonyl (C=O) groups excluding carboxylic acids is 2. The standard InChI is InChI=1S/C24H16Cl3NO5/c1-33-19-9-3-12(11-18(19)29)21-20(22(30)13-2-8-16(26)17(27)10-13)23(31)24(32)28(21)15-6-4-14(25)5-7-15/h2-11,21,29-30H,1H3/b22-20-. The first kappa shape index (κ1) is 23.0. The molecule has 0 aromatic heterocycles. The summed E-state index contributed by atoms with van der Waals surface area (Å²) in [6.45, 7) is 0. The van der Waals surface area contributed by atoms with Gasteiger partial charge in [0.25, 0.3) is 11.7 Å². The Morgan fingerprint density at radius 1 is 0.939 bits per heavy atom. The van der Waals surface area contributed by atoms with Crippen LogP contribution in [0.25, 0.3) is 5.76 Å². The molecule has 1 atom stereocenters. The van der Waals surface area contributed by atoms with E-state index in [1.165, 1.54) is 42.3 Å². The number of anilines is 1. The van der Waals surface area contributed by atoms with Crippen molar-refractivity contribution in [2.75, 3.05) is 12.0 Å². The molecule has 1 unspecified atom stereocenters. The molecule has 1 aliphatic rings. The van der Waals surface area contributed by atoms with Gasteiger partial charge in [0.2, 0.25) is 0 Å². The highest BCUT2D eigenvalue weighted by molar-refractivity contribution is 6.52. The fourth-order valence-corrected chi connectivity index (χ4v) is 4.12. The minimum atomic E-state index is -1.04. The first-order valence-corrected chi connectivity index (χ1v) is 10.7. The molecule has 0 spiro atoms. The van der Waals surface area contributed by atoms with Gasteiger partial charge in [-0.05, 0) is 60.2 Å². The number of amides is 1. The van der Waals surface area contributed by atoms with Crippen LogP contribution in [-0.2, 0) is 9.59 Å². The van der Waals surface area contributed by atoms with Crippen LogP contribution in [-0.4, -0.2) is 29.0 Å². The van der Waals surface area contributed by atoms with E-state index in [1.54, 1.807) is 30.3 Å². The Hall–Kier alpha value is -3.19. The molecule has 0 aliphatic carbocycles. The molecule has 1 saturated heterocycles. The van der Waals surface area contributed by atoms with Gasteiger partial charge in [0.1, 0.15) is 5.76 Å². The van der Waals surface area contributed by atoms with Crippen molar-refractivity contribution in [1.29, 1.82) is 0 Å². The lowest BCUT2D eigenvalue weighted by atomic mass is 9.94. The number of Topliss-reactive ketones (excluding diaryl/α,β-unsaturated/α-hetero) is 1. The van der Waals surface area contributed by atoms with E-state index in [0.29, 0.717) is 16.3 Å². The highest BCUT2D eigenvalue weighted by atomic mass is 35.5. The molecule has 6 nitrogen and oxygen atoms in total. The van der Waals surface area contributed by atoms with E-state index in [4.69, 9.17) is 39.5 Å². The number of carbonyl (C=O) groups is 2. The number of nitrogens with zero attached hydrogens (tertiary/aromatic N) is 1. The van der Waals surface area contributed by atoms with Gasteiger partial charge in [0.15, 0.2) is 11.5 Å². The zero-order chi connectivity index (χ0) is 23.9. The fourth-order valence-electron chi connectivity index (χ4n) is 3.69. The van der Waals surface area contributed by atoms with Crippen molar-refractivity contribution in [1.82, 2.24) is 0 Å². The molecule has 0 radical (unpaired) electrons. The number of aliphatic hydroxyl groups is 1. The molecule has 3 aromatic rings. The molecule has 1 amide bonds. The molecule has 0 bridgehead atoms. The van der Waals surface area contributed by atoms with Crippen molar-refractivity contribution in [2.45, 2.75) is 6.04 Å². The minimum absolute atomic E-state index is 0.169. The predicted molar refractivity (Wildman–Crippen MR) is 127 cm³/mol. The SMILES string of the molecule is COc1ccc(C2/C(=C(/O)c3ccc(Cl)c(Cl)c3)C(=O)C(=O)N2c2ccc(Cl)cc2)cc1O. The molecular weight excluding hydrogens is 489 g/mol.